The zero-order valence-corrected chi connectivity index (χ0v) is 11.5. The van der Waals surface area contributed by atoms with Crippen molar-refractivity contribution in [3.8, 4) is 11.1 Å². The van der Waals surface area contributed by atoms with Crippen molar-refractivity contribution in [1.82, 2.24) is 19.6 Å². The summed E-state index contributed by atoms with van der Waals surface area (Å²) in [5.41, 5.74) is 10.8. The van der Waals surface area contributed by atoms with Crippen molar-refractivity contribution >= 4 is 22.5 Å². The van der Waals surface area contributed by atoms with Gasteiger partial charge in [-0.15, -0.1) is 5.10 Å². The molecule has 0 amide bonds. The third kappa shape index (κ3) is 1.90. The second-order valence-corrected chi connectivity index (χ2v) is 5.05. The maximum atomic E-state index is 5.65. The Morgan fingerprint density at radius 1 is 1.14 bits per heavy atom. The van der Waals surface area contributed by atoms with Gasteiger partial charge in [0.25, 0.3) is 0 Å². The first-order valence-electron chi connectivity index (χ1n) is 6.68. The van der Waals surface area contributed by atoms with Gasteiger partial charge in [-0.2, -0.15) is 4.98 Å². The fourth-order valence-electron chi connectivity index (χ4n) is 2.59. The Kier molecular flexibility index (Phi) is 2.41. The average molecular weight is 275 g/mol. The van der Waals surface area contributed by atoms with E-state index in [2.05, 4.69) is 40.2 Å². The van der Waals surface area contributed by atoms with Crippen LogP contribution in [0.3, 0.4) is 0 Å². The molecule has 0 aliphatic heterocycles. The monoisotopic (exact) mass is 275 g/mol. The molecule has 5 heteroatoms. The van der Waals surface area contributed by atoms with Crippen molar-refractivity contribution in [2.75, 3.05) is 5.73 Å². The Morgan fingerprint density at radius 3 is 2.95 bits per heavy atom. The summed E-state index contributed by atoms with van der Waals surface area (Å²) in [6.45, 7) is 2.06. The predicted molar refractivity (Wildman–Crippen MR) is 82.9 cm³/mol. The van der Waals surface area contributed by atoms with Crippen LogP contribution in [0.5, 0.6) is 0 Å². The SMILES string of the molecule is Cc1cc2nc(N)nn2cc1-c1ccc2ncccc2c1. The molecule has 2 N–H and O–H groups in total. The minimum atomic E-state index is 0.286. The van der Waals surface area contributed by atoms with Crippen LogP contribution in [0.4, 0.5) is 5.95 Å². The molecule has 4 aromatic rings. The molecule has 0 unspecified atom stereocenters. The minimum absolute atomic E-state index is 0.286. The standard InChI is InChI=1S/C16H13N5/c1-10-7-15-19-16(17)20-21(15)9-13(10)11-4-5-14-12(8-11)3-2-6-18-14/h2-9H,1H3,(H2,17,20). The second-order valence-electron chi connectivity index (χ2n) is 5.05. The van der Waals surface area contributed by atoms with Crippen molar-refractivity contribution in [2.45, 2.75) is 6.92 Å². The maximum absolute atomic E-state index is 5.65. The fourth-order valence-corrected chi connectivity index (χ4v) is 2.59. The Morgan fingerprint density at radius 2 is 2.05 bits per heavy atom. The minimum Gasteiger partial charge on any atom is -0.366 e. The van der Waals surface area contributed by atoms with Crippen molar-refractivity contribution in [3.05, 3.63) is 54.4 Å². The molecule has 3 aromatic heterocycles. The molecule has 5 nitrogen and oxygen atoms in total. The van der Waals surface area contributed by atoms with Crippen molar-refractivity contribution < 1.29 is 0 Å². The van der Waals surface area contributed by atoms with Gasteiger partial charge in [-0.25, -0.2) is 4.52 Å². The molecule has 0 saturated carbocycles. The van der Waals surface area contributed by atoms with Crippen LogP contribution in [0.15, 0.2) is 48.8 Å². The number of nitrogens with zero attached hydrogens (tertiary/aromatic N) is 4. The molecule has 3 heterocycles. The topological polar surface area (TPSA) is 69.1 Å². The van der Waals surface area contributed by atoms with E-state index in [1.165, 1.54) is 0 Å². The van der Waals surface area contributed by atoms with E-state index in [1.54, 1.807) is 10.7 Å². The number of aromatic nitrogens is 4. The zero-order valence-electron chi connectivity index (χ0n) is 11.5. The van der Waals surface area contributed by atoms with Crippen LogP contribution in [0.25, 0.3) is 27.7 Å². The summed E-state index contributed by atoms with van der Waals surface area (Å²) in [5.74, 6) is 0.286. The van der Waals surface area contributed by atoms with E-state index in [1.807, 2.05) is 24.4 Å². The molecule has 0 saturated heterocycles. The van der Waals surface area contributed by atoms with E-state index < -0.39 is 0 Å². The van der Waals surface area contributed by atoms with Crippen LogP contribution >= 0.6 is 0 Å². The van der Waals surface area contributed by atoms with Crippen LogP contribution in [0, 0.1) is 6.92 Å². The smallest absolute Gasteiger partial charge is 0.240 e. The van der Waals surface area contributed by atoms with Crippen LogP contribution in [-0.2, 0) is 0 Å². The number of nitrogens with two attached hydrogens (primary N) is 1. The quantitative estimate of drug-likeness (QED) is 0.580. The number of hydrogen-bond donors (Lipinski definition) is 1. The lowest BCUT2D eigenvalue weighted by Crippen LogP contribution is -1.93. The Labute approximate surface area is 121 Å². The number of nitrogen functional groups attached to an aromatic ring is 1. The highest BCUT2D eigenvalue weighted by atomic mass is 15.3. The molecule has 0 aliphatic rings. The highest BCUT2D eigenvalue weighted by Crippen LogP contribution is 2.27. The Balaban J connectivity index is 1.96. The summed E-state index contributed by atoms with van der Waals surface area (Å²) >= 11 is 0. The van der Waals surface area contributed by atoms with E-state index in [0.29, 0.717) is 0 Å². The molecule has 4 rings (SSSR count). The van der Waals surface area contributed by atoms with Gasteiger partial charge in [-0.1, -0.05) is 12.1 Å². The van der Waals surface area contributed by atoms with E-state index in [0.717, 1.165) is 33.2 Å². The lowest BCUT2D eigenvalue weighted by atomic mass is 10.0. The van der Waals surface area contributed by atoms with Gasteiger partial charge in [-0.05, 0) is 42.3 Å². The first-order chi connectivity index (χ1) is 10.2. The van der Waals surface area contributed by atoms with Crippen LogP contribution in [0.1, 0.15) is 5.56 Å². The van der Waals surface area contributed by atoms with Gasteiger partial charge >= 0.3 is 0 Å². The summed E-state index contributed by atoms with van der Waals surface area (Å²) in [5, 5.41) is 5.29. The van der Waals surface area contributed by atoms with Gasteiger partial charge in [0.15, 0.2) is 5.65 Å². The second kappa shape index (κ2) is 4.28. The van der Waals surface area contributed by atoms with Gasteiger partial charge in [0, 0.05) is 23.3 Å². The Hall–Kier alpha value is -2.95. The molecule has 0 aliphatic carbocycles. The molecular weight excluding hydrogens is 262 g/mol. The number of aryl methyl sites for hydroxylation is 1. The number of rotatable bonds is 1. The lowest BCUT2D eigenvalue weighted by Gasteiger charge is -2.07. The van der Waals surface area contributed by atoms with Crippen molar-refractivity contribution in [2.24, 2.45) is 0 Å². The molecule has 0 radical (unpaired) electrons. The van der Waals surface area contributed by atoms with Crippen LogP contribution in [0.2, 0.25) is 0 Å². The average Bonchev–Trinajstić information content (AvgIpc) is 2.85. The largest absolute Gasteiger partial charge is 0.366 e. The van der Waals surface area contributed by atoms with Crippen molar-refractivity contribution in [1.29, 1.82) is 0 Å². The number of anilines is 1. The third-order valence-electron chi connectivity index (χ3n) is 3.61. The third-order valence-corrected chi connectivity index (χ3v) is 3.61. The van der Waals surface area contributed by atoms with Crippen LogP contribution < -0.4 is 5.73 Å². The lowest BCUT2D eigenvalue weighted by molar-refractivity contribution is 0.966. The highest BCUT2D eigenvalue weighted by molar-refractivity contribution is 5.85. The first kappa shape index (κ1) is 11.8. The van der Waals surface area contributed by atoms with Crippen molar-refractivity contribution in [3.63, 3.8) is 0 Å². The fraction of sp³-hybridized carbons (Fsp3) is 0.0625. The summed E-state index contributed by atoms with van der Waals surface area (Å²) in [6.07, 6.45) is 3.77. The van der Waals surface area contributed by atoms with E-state index >= 15 is 0 Å². The highest BCUT2D eigenvalue weighted by Gasteiger charge is 2.08. The number of hydrogen-bond acceptors (Lipinski definition) is 4. The molecule has 21 heavy (non-hydrogen) atoms. The number of pyridine rings is 2. The molecule has 0 fully saturated rings. The predicted octanol–water partition coefficient (Wildman–Crippen LogP) is 2.84. The van der Waals surface area contributed by atoms with Gasteiger partial charge in [0.1, 0.15) is 0 Å². The molecule has 0 bridgehead atoms. The Bertz CT molecular complexity index is 971. The van der Waals surface area contributed by atoms with E-state index in [-0.39, 0.29) is 5.95 Å². The molecule has 0 spiro atoms. The maximum Gasteiger partial charge on any atom is 0.240 e. The summed E-state index contributed by atoms with van der Waals surface area (Å²) in [7, 11) is 0. The molecular formula is C16H13N5. The summed E-state index contributed by atoms with van der Waals surface area (Å²) < 4.78 is 1.71. The molecule has 102 valence electrons. The van der Waals surface area contributed by atoms with Crippen LogP contribution in [-0.4, -0.2) is 19.6 Å². The normalized spacial score (nSPS) is 11.3. The molecule has 1 aromatic carbocycles. The summed E-state index contributed by atoms with van der Waals surface area (Å²) in [6, 6.07) is 12.2. The van der Waals surface area contributed by atoms with Gasteiger partial charge in [0.05, 0.1) is 5.52 Å². The van der Waals surface area contributed by atoms with E-state index in [9.17, 15) is 0 Å². The summed E-state index contributed by atoms with van der Waals surface area (Å²) in [4.78, 5) is 8.53. The van der Waals surface area contributed by atoms with Gasteiger partial charge < -0.3 is 5.73 Å². The van der Waals surface area contributed by atoms with Gasteiger partial charge in [-0.3, -0.25) is 4.98 Å². The first-order valence-corrected chi connectivity index (χ1v) is 6.68. The number of benzene rings is 1. The van der Waals surface area contributed by atoms with Gasteiger partial charge in [0.2, 0.25) is 5.95 Å². The zero-order chi connectivity index (χ0) is 14.4. The molecule has 0 atom stereocenters. The number of fused-ring (bicyclic) bond motifs is 2. The van der Waals surface area contributed by atoms with E-state index in [4.69, 9.17) is 5.73 Å².